The minimum atomic E-state index is -1.08. The van der Waals surface area contributed by atoms with Crippen LogP contribution in [0.25, 0.3) is 10.9 Å². The largest absolute Gasteiger partial charge is 0.477 e. The van der Waals surface area contributed by atoms with Gasteiger partial charge in [-0.1, -0.05) is 12.1 Å². The third-order valence-electron chi connectivity index (χ3n) is 2.91. The van der Waals surface area contributed by atoms with E-state index in [0.717, 1.165) is 11.1 Å². The highest BCUT2D eigenvalue weighted by atomic mass is 16.4. The molecule has 0 aliphatic rings. The van der Waals surface area contributed by atoms with E-state index >= 15 is 0 Å². The standard InChI is InChI=1S/C13H13NO3/c1-7-4-5-9-10(6-7)14(3)12(13(16)17)11(9)8(2)15/h4-6H,1-3H3,(H,16,17). The summed E-state index contributed by atoms with van der Waals surface area (Å²) < 4.78 is 1.56. The average Bonchev–Trinajstić information content (AvgIpc) is 2.52. The molecule has 1 aromatic heterocycles. The van der Waals surface area contributed by atoms with Crippen molar-refractivity contribution >= 4 is 22.7 Å². The normalized spacial score (nSPS) is 10.8. The minimum absolute atomic E-state index is 0.0538. The third kappa shape index (κ3) is 1.62. The van der Waals surface area contributed by atoms with Gasteiger partial charge < -0.3 is 9.67 Å². The Kier molecular flexibility index (Phi) is 2.50. The Balaban J connectivity index is 2.98. The number of carbonyl (C=O) groups excluding carboxylic acids is 1. The van der Waals surface area contributed by atoms with Crippen LogP contribution in [0.1, 0.15) is 33.3 Å². The quantitative estimate of drug-likeness (QED) is 0.807. The van der Waals surface area contributed by atoms with Crippen molar-refractivity contribution in [3.05, 3.63) is 35.0 Å². The second kappa shape index (κ2) is 3.73. The van der Waals surface area contributed by atoms with Gasteiger partial charge >= 0.3 is 5.97 Å². The van der Waals surface area contributed by atoms with Gasteiger partial charge in [-0.05, 0) is 25.5 Å². The molecule has 2 aromatic rings. The van der Waals surface area contributed by atoms with E-state index in [2.05, 4.69) is 0 Å². The Bertz CT molecular complexity index is 638. The Morgan fingerprint density at radius 3 is 2.47 bits per heavy atom. The molecule has 0 saturated heterocycles. The zero-order valence-corrected chi connectivity index (χ0v) is 9.94. The SMILES string of the molecule is CC(=O)c1c(C(=O)O)n(C)c2cc(C)ccc12. The smallest absolute Gasteiger partial charge is 0.353 e. The molecule has 1 aromatic carbocycles. The molecular formula is C13H13NO3. The highest BCUT2D eigenvalue weighted by Crippen LogP contribution is 2.26. The fraction of sp³-hybridized carbons (Fsp3) is 0.231. The fourth-order valence-corrected chi connectivity index (χ4v) is 2.15. The molecule has 0 unspecified atom stereocenters. The van der Waals surface area contributed by atoms with Crippen molar-refractivity contribution in [2.45, 2.75) is 13.8 Å². The van der Waals surface area contributed by atoms with Gasteiger partial charge in [0.1, 0.15) is 5.69 Å². The molecular weight excluding hydrogens is 218 g/mol. The van der Waals surface area contributed by atoms with Crippen molar-refractivity contribution in [1.29, 1.82) is 0 Å². The molecule has 1 heterocycles. The summed E-state index contributed by atoms with van der Waals surface area (Å²) in [4.78, 5) is 22.8. The summed E-state index contributed by atoms with van der Waals surface area (Å²) in [6.45, 7) is 3.32. The van der Waals surface area contributed by atoms with E-state index < -0.39 is 5.97 Å². The molecule has 0 radical (unpaired) electrons. The lowest BCUT2D eigenvalue weighted by Crippen LogP contribution is -2.09. The molecule has 1 N–H and O–H groups in total. The molecule has 4 nitrogen and oxygen atoms in total. The molecule has 0 atom stereocenters. The number of aromatic carboxylic acids is 1. The summed E-state index contributed by atoms with van der Waals surface area (Å²) >= 11 is 0. The first-order valence-corrected chi connectivity index (χ1v) is 5.26. The number of carbonyl (C=O) groups is 2. The summed E-state index contributed by atoms with van der Waals surface area (Å²) in [5.74, 6) is -1.30. The van der Waals surface area contributed by atoms with Gasteiger partial charge in [0.15, 0.2) is 5.78 Å². The van der Waals surface area contributed by atoms with Crippen molar-refractivity contribution in [1.82, 2.24) is 4.57 Å². The van der Waals surface area contributed by atoms with E-state index in [4.69, 9.17) is 0 Å². The maximum absolute atomic E-state index is 11.6. The molecule has 0 aliphatic heterocycles. The third-order valence-corrected chi connectivity index (χ3v) is 2.91. The van der Waals surface area contributed by atoms with Gasteiger partial charge in [-0.15, -0.1) is 0 Å². The number of nitrogens with zero attached hydrogens (tertiary/aromatic N) is 1. The van der Waals surface area contributed by atoms with Gasteiger partial charge in [0, 0.05) is 18.0 Å². The van der Waals surface area contributed by atoms with E-state index in [0.29, 0.717) is 5.39 Å². The van der Waals surface area contributed by atoms with Crippen molar-refractivity contribution in [3.8, 4) is 0 Å². The summed E-state index contributed by atoms with van der Waals surface area (Å²) in [7, 11) is 1.66. The number of hydrogen-bond acceptors (Lipinski definition) is 2. The van der Waals surface area contributed by atoms with E-state index in [-0.39, 0.29) is 17.0 Å². The van der Waals surface area contributed by atoms with E-state index in [1.807, 2.05) is 19.1 Å². The summed E-state index contributed by atoms with van der Waals surface area (Å²) in [5.41, 5.74) is 2.14. The van der Waals surface area contributed by atoms with Crippen LogP contribution in [0, 0.1) is 6.92 Å². The number of hydrogen-bond donors (Lipinski definition) is 1. The van der Waals surface area contributed by atoms with Crippen molar-refractivity contribution < 1.29 is 14.7 Å². The number of ketones is 1. The number of aryl methyl sites for hydroxylation is 2. The number of rotatable bonds is 2. The monoisotopic (exact) mass is 231 g/mol. The summed E-state index contributed by atoms with van der Waals surface area (Å²) in [6, 6.07) is 5.56. The predicted octanol–water partition coefficient (Wildman–Crippen LogP) is 2.39. The molecule has 0 aliphatic carbocycles. The van der Waals surface area contributed by atoms with Crippen molar-refractivity contribution in [2.75, 3.05) is 0 Å². The van der Waals surface area contributed by atoms with Gasteiger partial charge in [0.05, 0.1) is 5.56 Å². The average molecular weight is 231 g/mol. The lowest BCUT2D eigenvalue weighted by Gasteiger charge is -2.00. The van der Waals surface area contributed by atoms with Gasteiger partial charge in [0.2, 0.25) is 0 Å². The zero-order chi connectivity index (χ0) is 12.7. The van der Waals surface area contributed by atoms with E-state index in [1.54, 1.807) is 17.7 Å². The van der Waals surface area contributed by atoms with Crippen LogP contribution in [0.5, 0.6) is 0 Å². The second-order valence-corrected chi connectivity index (χ2v) is 4.16. The van der Waals surface area contributed by atoms with Crippen molar-refractivity contribution in [2.24, 2.45) is 7.05 Å². The number of aromatic nitrogens is 1. The van der Waals surface area contributed by atoms with Crippen LogP contribution in [-0.4, -0.2) is 21.4 Å². The summed E-state index contributed by atoms with van der Waals surface area (Å²) in [5, 5.41) is 9.89. The molecule has 2 rings (SSSR count). The van der Waals surface area contributed by atoms with Crippen LogP contribution < -0.4 is 0 Å². The molecule has 88 valence electrons. The number of carboxylic acids is 1. The molecule has 0 saturated carbocycles. The van der Waals surface area contributed by atoms with Crippen LogP contribution in [0.2, 0.25) is 0 Å². The highest BCUT2D eigenvalue weighted by molar-refractivity contribution is 6.14. The topological polar surface area (TPSA) is 59.3 Å². The van der Waals surface area contributed by atoms with Crippen LogP contribution in [0.4, 0.5) is 0 Å². The van der Waals surface area contributed by atoms with Gasteiger partial charge in [-0.2, -0.15) is 0 Å². The van der Waals surface area contributed by atoms with Crippen LogP contribution in [0.3, 0.4) is 0 Å². The Hall–Kier alpha value is -2.10. The second-order valence-electron chi connectivity index (χ2n) is 4.16. The Labute approximate surface area is 98.5 Å². The van der Waals surface area contributed by atoms with Gasteiger partial charge in [0.25, 0.3) is 0 Å². The first kappa shape index (κ1) is 11.4. The summed E-state index contributed by atoms with van der Waals surface area (Å²) in [6.07, 6.45) is 0. The number of fused-ring (bicyclic) bond motifs is 1. The highest BCUT2D eigenvalue weighted by Gasteiger charge is 2.23. The molecule has 0 spiro atoms. The predicted molar refractivity (Wildman–Crippen MR) is 64.6 cm³/mol. The minimum Gasteiger partial charge on any atom is -0.477 e. The Morgan fingerprint density at radius 2 is 1.94 bits per heavy atom. The van der Waals surface area contributed by atoms with E-state index in [9.17, 15) is 14.7 Å². The van der Waals surface area contributed by atoms with Crippen LogP contribution >= 0.6 is 0 Å². The van der Waals surface area contributed by atoms with Crippen LogP contribution in [0.15, 0.2) is 18.2 Å². The fourth-order valence-electron chi connectivity index (χ4n) is 2.15. The molecule has 0 bridgehead atoms. The molecule has 0 fully saturated rings. The maximum Gasteiger partial charge on any atom is 0.353 e. The number of carboxylic acid groups (broad SMARTS) is 1. The first-order chi connectivity index (χ1) is 7.93. The first-order valence-electron chi connectivity index (χ1n) is 5.26. The lowest BCUT2D eigenvalue weighted by atomic mass is 10.1. The molecule has 4 heteroatoms. The number of benzene rings is 1. The van der Waals surface area contributed by atoms with Crippen LogP contribution in [-0.2, 0) is 7.05 Å². The zero-order valence-electron chi connectivity index (χ0n) is 9.94. The number of Topliss-reactive ketones (excluding diaryl/α,β-unsaturated/α-hetero) is 1. The van der Waals surface area contributed by atoms with Gasteiger partial charge in [-0.3, -0.25) is 4.79 Å². The lowest BCUT2D eigenvalue weighted by molar-refractivity contribution is 0.0682. The molecule has 17 heavy (non-hydrogen) atoms. The van der Waals surface area contributed by atoms with E-state index in [1.165, 1.54) is 6.92 Å². The van der Waals surface area contributed by atoms with Gasteiger partial charge in [-0.25, -0.2) is 4.79 Å². The molecule has 0 amide bonds. The van der Waals surface area contributed by atoms with Crippen molar-refractivity contribution in [3.63, 3.8) is 0 Å². The maximum atomic E-state index is 11.6. The Morgan fingerprint density at radius 1 is 1.29 bits per heavy atom.